The van der Waals surface area contributed by atoms with Gasteiger partial charge in [-0.05, 0) is 29.8 Å². The highest BCUT2D eigenvalue weighted by atomic mass is 35.5. The van der Waals surface area contributed by atoms with E-state index in [-0.39, 0.29) is 11.9 Å². The lowest BCUT2D eigenvalue weighted by Gasteiger charge is -2.17. The van der Waals surface area contributed by atoms with Crippen LogP contribution in [-0.2, 0) is 4.79 Å². The first kappa shape index (κ1) is 12.1. The van der Waals surface area contributed by atoms with E-state index in [4.69, 9.17) is 11.6 Å². The van der Waals surface area contributed by atoms with Crippen molar-refractivity contribution in [3.05, 3.63) is 59.1 Å². The van der Waals surface area contributed by atoms with Crippen molar-refractivity contribution in [2.45, 2.75) is 12.5 Å². The number of hydrogen-bond donors (Lipinski definition) is 2. The van der Waals surface area contributed by atoms with Gasteiger partial charge in [-0.2, -0.15) is 0 Å². The van der Waals surface area contributed by atoms with Gasteiger partial charge in [0.2, 0.25) is 5.91 Å². The standard InChI is InChI=1S/C15H13ClN2O/c16-11-5-3-4-10(8-11)14-9-15(19)18-13-7-2-1-6-12(13)17-14/h1-8,14,17H,9H2,(H,18,19)/t14-/m1/s1. The van der Waals surface area contributed by atoms with Gasteiger partial charge >= 0.3 is 0 Å². The molecule has 0 bridgehead atoms. The topological polar surface area (TPSA) is 41.1 Å². The van der Waals surface area contributed by atoms with Crippen molar-refractivity contribution in [1.82, 2.24) is 0 Å². The first-order chi connectivity index (χ1) is 9.22. The second kappa shape index (κ2) is 4.94. The molecule has 2 N–H and O–H groups in total. The Hall–Kier alpha value is -2.00. The summed E-state index contributed by atoms with van der Waals surface area (Å²) in [4.78, 5) is 11.9. The Morgan fingerprint density at radius 1 is 1.05 bits per heavy atom. The van der Waals surface area contributed by atoms with Crippen LogP contribution in [0.4, 0.5) is 11.4 Å². The Morgan fingerprint density at radius 3 is 2.63 bits per heavy atom. The molecular formula is C15H13ClN2O. The van der Waals surface area contributed by atoms with Crippen molar-refractivity contribution in [1.29, 1.82) is 0 Å². The van der Waals surface area contributed by atoms with Crippen molar-refractivity contribution in [3.63, 3.8) is 0 Å². The number of hydrogen-bond acceptors (Lipinski definition) is 2. The van der Waals surface area contributed by atoms with Crippen LogP contribution in [0.3, 0.4) is 0 Å². The maximum Gasteiger partial charge on any atom is 0.226 e. The molecule has 0 spiro atoms. The molecule has 0 aromatic heterocycles. The molecule has 0 saturated heterocycles. The molecule has 0 unspecified atom stereocenters. The summed E-state index contributed by atoms with van der Waals surface area (Å²) in [5, 5.41) is 6.97. The summed E-state index contributed by atoms with van der Waals surface area (Å²) in [6.07, 6.45) is 0.384. The van der Waals surface area contributed by atoms with E-state index in [1.807, 2.05) is 48.5 Å². The van der Waals surface area contributed by atoms with Crippen LogP contribution in [0.1, 0.15) is 18.0 Å². The molecular weight excluding hydrogens is 260 g/mol. The van der Waals surface area contributed by atoms with E-state index in [1.165, 1.54) is 0 Å². The number of halogens is 1. The average Bonchev–Trinajstić information content (AvgIpc) is 2.56. The van der Waals surface area contributed by atoms with Gasteiger partial charge in [-0.3, -0.25) is 4.79 Å². The van der Waals surface area contributed by atoms with Gasteiger partial charge in [-0.1, -0.05) is 35.9 Å². The number of benzene rings is 2. The fourth-order valence-electron chi connectivity index (χ4n) is 2.27. The number of carbonyl (C=O) groups is 1. The zero-order chi connectivity index (χ0) is 13.2. The van der Waals surface area contributed by atoms with E-state index in [2.05, 4.69) is 10.6 Å². The smallest absolute Gasteiger partial charge is 0.226 e. The van der Waals surface area contributed by atoms with E-state index < -0.39 is 0 Å². The summed E-state index contributed by atoms with van der Waals surface area (Å²) in [7, 11) is 0. The van der Waals surface area contributed by atoms with Gasteiger partial charge < -0.3 is 10.6 Å². The third-order valence-electron chi connectivity index (χ3n) is 3.17. The molecule has 0 fully saturated rings. The van der Waals surface area contributed by atoms with Crippen LogP contribution in [0.15, 0.2) is 48.5 Å². The summed E-state index contributed by atoms with van der Waals surface area (Å²) in [6, 6.07) is 15.2. The Bertz CT molecular complexity index is 627. The number of nitrogens with one attached hydrogen (secondary N) is 2. The molecule has 4 heteroatoms. The number of para-hydroxylation sites is 2. The Balaban J connectivity index is 1.98. The quantitative estimate of drug-likeness (QED) is 0.828. The van der Waals surface area contributed by atoms with E-state index in [0.29, 0.717) is 11.4 Å². The van der Waals surface area contributed by atoms with Gasteiger partial charge in [-0.25, -0.2) is 0 Å². The van der Waals surface area contributed by atoms with Crippen molar-refractivity contribution in [3.8, 4) is 0 Å². The van der Waals surface area contributed by atoms with Crippen LogP contribution in [0, 0.1) is 0 Å². The first-order valence-electron chi connectivity index (χ1n) is 6.13. The predicted molar refractivity (Wildman–Crippen MR) is 77.5 cm³/mol. The number of fused-ring (bicyclic) bond motifs is 1. The third-order valence-corrected chi connectivity index (χ3v) is 3.41. The van der Waals surface area contributed by atoms with Crippen molar-refractivity contribution in [2.24, 2.45) is 0 Å². The Labute approximate surface area is 116 Å². The Morgan fingerprint density at radius 2 is 1.84 bits per heavy atom. The van der Waals surface area contributed by atoms with E-state index in [1.54, 1.807) is 0 Å². The van der Waals surface area contributed by atoms with Gasteiger partial charge in [0.05, 0.1) is 23.8 Å². The maximum absolute atomic E-state index is 11.9. The molecule has 0 aliphatic carbocycles. The minimum Gasteiger partial charge on any atom is -0.376 e. The third kappa shape index (κ3) is 2.56. The van der Waals surface area contributed by atoms with Crippen LogP contribution < -0.4 is 10.6 Å². The zero-order valence-electron chi connectivity index (χ0n) is 10.2. The number of anilines is 2. The van der Waals surface area contributed by atoms with Gasteiger partial charge in [-0.15, -0.1) is 0 Å². The minimum absolute atomic E-state index is 0.00225. The van der Waals surface area contributed by atoms with Crippen molar-refractivity contribution < 1.29 is 4.79 Å². The van der Waals surface area contributed by atoms with Gasteiger partial charge in [0.1, 0.15) is 0 Å². The molecule has 1 aliphatic heterocycles. The van der Waals surface area contributed by atoms with Gasteiger partial charge in [0.15, 0.2) is 0 Å². The van der Waals surface area contributed by atoms with Crippen LogP contribution in [0.2, 0.25) is 5.02 Å². The molecule has 3 rings (SSSR count). The minimum atomic E-state index is -0.0673. The lowest BCUT2D eigenvalue weighted by Crippen LogP contribution is -2.15. The monoisotopic (exact) mass is 272 g/mol. The fraction of sp³-hybridized carbons (Fsp3) is 0.133. The molecule has 96 valence electrons. The lowest BCUT2D eigenvalue weighted by molar-refractivity contribution is -0.116. The molecule has 1 atom stereocenters. The average molecular weight is 273 g/mol. The van der Waals surface area contributed by atoms with Crippen LogP contribution in [0.5, 0.6) is 0 Å². The summed E-state index contributed by atoms with van der Waals surface area (Å²) < 4.78 is 0. The predicted octanol–water partition coefficient (Wildman–Crippen LogP) is 3.84. The number of rotatable bonds is 1. The highest BCUT2D eigenvalue weighted by Gasteiger charge is 2.21. The molecule has 1 heterocycles. The van der Waals surface area contributed by atoms with Crippen LogP contribution in [0.25, 0.3) is 0 Å². The molecule has 0 saturated carbocycles. The highest BCUT2D eigenvalue weighted by Crippen LogP contribution is 2.32. The molecule has 1 aliphatic rings. The van der Waals surface area contributed by atoms with Gasteiger partial charge in [0, 0.05) is 5.02 Å². The lowest BCUT2D eigenvalue weighted by atomic mass is 10.0. The molecule has 3 nitrogen and oxygen atoms in total. The zero-order valence-corrected chi connectivity index (χ0v) is 10.9. The summed E-state index contributed by atoms with van der Waals surface area (Å²) in [5.74, 6) is 0.00225. The second-order valence-corrected chi connectivity index (χ2v) is 4.99. The van der Waals surface area contributed by atoms with E-state index >= 15 is 0 Å². The normalized spacial score (nSPS) is 17.9. The molecule has 2 aromatic carbocycles. The van der Waals surface area contributed by atoms with Crippen LogP contribution in [-0.4, -0.2) is 5.91 Å². The molecule has 2 aromatic rings. The largest absolute Gasteiger partial charge is 0.376 e. The van der Waals surface area contributed by atoms with E-state index in [9.17, 15) is 4.79 Å². The summed E-state index contributed by atoms with van der Waals surface area (Å²) in [5.41, 5.74) is 2.76. The second-order valence-electron chi connectivity index (χ2n) is 4.55. The van der Waals surface area contributed by atoms with Crippen LogP contribution >= 0.6 is 11.6 Å². The van der Waals surface area contributed by atoms with Gasteiger partial charge in [0.25, 0.3) is 0 Å². The fourth-order valence-corrected chi connectivity index (χ4v) is 2.47. The Kier molecular flexibility index (Phi) is 3.13. The number of carbonyl (C=O) groups excluding carboxylic acids is 1. The number of amides is 1. The maximum atomic E-state index is 11.9. The highest BCUT2D eigenvalue weighted by molar-refractivity contribution is 6.30. The van der Waals surface area contributed by atoms with Crippen molar-refractivity contribution in [2.75, 3.05) is 10.6 Å². The molecule has 1 amide bonds. The summed E-state index contributed by atoms with van der Waals surface area (Å²) >= 11 is 6.01. The van der Waals surface area contributed by atoms with E-state index in [0.717, 1.165) is 16.9 Å². The SMILES string of the molecule is O=C1C[C@H](c2cccc(Cl)c2)Nc2ccccc2N1. The summed E-state index contributed by atoms with van der Waals surface area (Å²) in [6.45, 7) is 0. The molecule has 19 heavy (non-hydrogen) atoms. The van der Waals surface area contributed by atoms with Crippen molar-refractivity contribution >= 4 is 28.9 Å². The molecule has 0 radical (unpaired) electrons. The first-order valence-corrected chi connectivity index (χ1v) is 6.51.